The van der Waals surface area contributed by atoms with Crippen LogP contribution >= 0.6 is 11.8 Å². The molecule has 1 N–H and O–H groups in total. The van der Waals surface area contributed by atoms with E-state index in [2.05, 4.69) is 6.07 Å². The maximum atomic E-state index is 13.1. The Bertz CT molecular complexity index is 1430. The van der Waals surface area contributed by atoms with Gasteiger partial charge in [0.15, 0.2) is 11.5 Å². The summed E-state index contributed by atoms with van der Waals surface area (Å²) in [5, 5.41) is 18.1. The molecule has 1 aliphatic rings. The Morgan fingerprint density at radius 1 is 1.11 bits per heavy atom. The monoisotopic (exact) mass is 500 g/mol. The average molecular weight is 501 g/mol. The number of hydrogen-bond donors (Lipinski definition) is 1. The molecule has 36 heavy (non-hydrogen) atoms. The molecular weight excluding hydrogens is 480 g/mol. The van der Waals surface area contributed by atoms with Crippen LogP contribution < -0.4 is 9.47 Å². The van der Waals surface area contributed by atoms with Gasteiger partial charge in [0.2, 0.25) is 0 Å². The van der Waals surface area contributed by atoms with E-state index in [9.17, 15) is 24.8 Å². The summed E-state index contributed by atoms with van der Waals surface area (Å²) in [4.78, 5) is 38.3. The summed E-state index contributed by atoms with van der Waals surface area (Å²) in [7, 11) is 1.48. The van der Waals surface area contributed by atoms with Crippen LogP contribution in [0, 0.1) is 11.3 Å². The van der Waals surface area contributed by atoms with Crippen molar-refractivity contribution in [2.24, 2.45) is 0 Å². The molecule has 0 aliphatic carbocycles. The highest BCUT2D eigenvalue weighted by Crippen LogP contribution is 2.38. The Hall–Kier alpha value is -4.55. The highest BCUT2D eigenvalue weighted by Gasteiger charge is 2.35. The topological polar surface area (TPSA) is 117 Å². The number of hydrogen-bond acceptors (Lipinski definition) is 7. The number of nitriles is 1. The zero-order valence-electron chi connectivity index (χ0n) is 19.1. The lowest BCUT2D eigenvalue weighted by Gasteiger charge is -2.14. The quantitative estimate of drug-likeness (QED) is 0.426. The summed E-state index contributed by atoms with van der Waals surface area (Å²) in [5.74, 6) is -0.744. The SMILES string of the molecule is COc1cccc(/C=C2/SC(=O)N(Cc3ccccc3C#N)C2=O)c1OCc1cccc(C(=O)O)c1. The number of benzene rings is 3. The summed E-state index contributed by atoms with van der Waals surface area (Å²) >= 11 is 0.805. The number of nitrogens with zero attached hydrogens (tertiary/aromatic N) is 2. The standard InChI is InChI=1S/C27H20N2O6S/c1-34-22-11-5-9-18(24(22)35-16-17-6-4-10-19(12-17)26(31)32)13-23-25(30)29(27(33)36-23)15-21-8-3-2-7-20(21)14-28/h2-13H,15-16H2,1H3,(H,31,32)/b23-13+. The Morgan fingerprint density at radius 2 is 1.89 bits per heavy atom. The van der Waals surface area contributed by atoms with Crippen LogP contribution in [0.2, 0.25) is 0 Å². The van der Waals surface area contributed by atoms with E-state index in [1.54, 1.807) is 60.7 Å². The molecule has 1 aliphatic heterocycles. The zero-order valence-corrected chi connectivity index (χ0v) is 20.0. The number of carboxylic acid groups (broad SMARTS) is 1. The fourth-order valence-corrected chi connectivity index (χ4v) is 4.46. The fraction of sp³-hybridized carbons (Fsp3) is 0.111. The predicted molar refractivity (Wildman–Crippen MR) is 133 cm³/mol. The van der Waals surface area contributed by atoms with Gasteiger partial charge in [0.25, 0.3) is 11.1 Å². The molecule has 180 valence electrons. The van der Waals surface area contributed by atoms with Crippen molar-refractivity contribution in [1.82, 2.24) is 4.90 Å². The van der Waals surface area contributed by atoms with Crippen molar-refractivity contribution in [3.63, 3.8) is 0 Å². The lowest BCUT2D eigenvalue weighted by Crippen LogP contribution is -2.27. The van der Waals surface area contributed by atoms with E-state index in [1.165, 1.54) is 19.2 Å². The lowest BCUT2D eigenvalue weighted by molar-refractivity contribution is -0.123. The highest BCUT2D eigenvalue weighted by molar-refractivity contribution is 8.18. The van der Waals surface area contributed by atoms with Gasteiger partial charge >= 0.3 is 5.97 Å². The molecule has 1 heterocycles. The molecule has 0 atom stereocenters. The van der Waals surface area contributed by atoms with Crippen LogP contribution in [0.1, 0.15) is 32.6 Å². The van der Waals surface area contributed by atoms with Gasteiger partial charge in [0.1, 0.15) is 6.61 Å². The smallest absolute Gasteiger partial charge is 0.335 e. The molecule has 3 aromatic rings. The first kappa shape index (κ1) is 24.6. The third kappa shape index (κ3) is 5.24. The minimum absolute atomic E-state index is 0.00682. The number of aromatic carboxylic acids is 1. The van der Waals surface area contributed by atoms with E-state index in [0.29, 0.717) is 33.8 Å². The molecule has 8 nitrogen and oxygen atoms in total. The molecule has 1 saturated heterocycles. The van der Waals surface area contributed by atoms with Crippen molar-refractivity contribution in [2.45, 2.75) is 13.2 Å². The maximum Gasteiger partial charge on any atom is 0.335 e. The molecule has 9 heteroatoms. The van der Waals surface area contributed by atoms with Crippen molar-refractivity contribution in [2.75, 3.05) is 7.11 Å². The largest absolute Gasteiger partial charge is 0.493 e. The average Bonchev–Trinajstić information content (AvgIpc) is 3.15. The number of para-hydroxylation sites is 1. The number of thioether (sulfide) groups is 1. The molecule has 3 aromatic carbocycles. The van der Waals surface area contributed by atoms with E-state index < -0.39 is 17.1 Å². The van der Waals surface area contributed by atoms with Crippen LogP contribution in [0.3, 0.4) is 0 Å². The Morgan fingerprint density at radius 3 is 2.64 bits per heavy atom. The van der Waals surface area contributed by atoms with Gasteiger partial charge in [-0.15, -0.1) is 0 Å². The molecule has 0 aromatic heterocycles. The molecule has 0 bridgehead atoms. The zero-order chi connectivity index (χ0) is 25.7. The molecular formula is C27H20N2O6S. The number of rotatable bonds is 8. The minimum Gasteiger partial charge on any atom is -0.493 e. The van der Waals surface area contributed by atoms with Gasteiger partial charge < -0.3 is 14.6 Å². The molecule has 2 amide bonds. The van der Waals surface area contributed by atoms with Crippen LogP contribution in [-0.2, 0) is 17.9 Å². The Kier molecular flexibility index (Phi) is 7.37. The van der Waals surface area contributed by atoms with Gasteiger partial charge in [-0.2, -0.15) is 5.26 Å². The van der Waals surface area contributed by atoms with E-state index in [1.807, 2.05) is 0 Å². The molecule has 0 spiro atoms. The molecule has 4 rings (SSSR count). The van der Waals surface area contributed by atoms with Crippen molar-refractivity contribution >= 4 is 35.0 Å². The number of methoxy groups -OCH3 is 1. The number of ether oxygens (including phenoxy) is 2. The van der Waals surface area contributed by atoms with E-state index >= 15 is 0 Å². The third-order valence-electron chi connectivity index (χ3n) is 5.41. The summed E-state index contributed by atoms with van der Waals surface area (Å²) in [5.41, 5.74) is 2.28. The summed E-state index contributed by atoms with van der Waals surface area (Å²) in [6.45, 7) is 0.0574. The van der Waals surface area contributed by atoms with E-state index in [0.717, 1.165) is 16.7 Å². The van der Waals surface area contributed by atoms with Gasteiger partial charge in [-0.1, -0.05) is 42.5 Å². The number of imide groups is 1. The Labute approximate surface area is 211 Å². The predicted octanol–water partition coefficient (Wildman–Crippen LogP) is 5.08. The second kappa shape index (κ2) is 10.8. The maximum absolute atomic E-state index is 13.1. The molecule has 1 fully saturated rings. The van der Waals surface area contributed by atoms with E-state index in [4.69, 9.17) is 9.47 Å². The molecule has 0 radical (unpaired) electrons. The lowest BCUT2D eigenvalue weighted by atomic mass is 10.1. The van der Waals surface area contributed by atoms with Crippen LogP contribution in [-0.4, -0.2) is 34.2 Å². The third-order valence-corrected chi connectivity index (χ3v) is 6.32. The highest BCUT2D eigenvalue weighted by atomic mass is 32.2. The molecule has 0 unspecified atom stereocenters. The number of carbonyl (C=O) groups excluding carboxylic acids is 2. The normalized spacial score (nSPS) is 14.1. The van der Waals surface area contributed by atoms with Gasteiger partial charge in [0, 0.05) is 5.56 Å². The number of carbonyl (C=O) groups is 3. The van der Waals surface area contributed by atoms with Gasteiger partial charge in [-0.05, 0) is 53.2 Å². The fourth-order valence-electron chi connectivity index (χ4n) is 3.63. The summed E-state index contributed by atoms with van der Waals surface area (Å²) < 4.78 is 11.4. The van der Waals surface area contributed by atoms with E-state index in [-0.39, 0.29) is 23.6 Å². The molecule has 0 saturated carbocycles. The van der Waals surface area contributed by atoms with Crippen LogP contribution in [0.15, 0.2) is 71.6 Å². The first-order valence-corrected chi connectivity index (χ1v) is 11.6. The first-order valence-electron chi connectivity index (χ1n) is 10.8. The Balaban J connectivity index is 1.60. The van der Waals surface area contributed by atoms with Crippen molar-refractivity contribution < 1.29 is 29.0 Å². The first-order chi connectivity index (χ1) is 17.4. The second-order valence-corrected chi connectivity index (χ2v) is 8.70. The van der Waals surface area contributed by atoms with Gasteiger partial charge in [0.05, 0.1) is 35.8 Å². The summed E-state index contributed by atoms with van der Waals surface area (Å²) in [6.07, 6.45) is 1.56. The van der Waals surface area contributed by atoms with Crippen molar-refractivity contribution in [3.05, 3.63) is 99.5 Å². The summed E-state index contributed by atoms with van der Waals surface area (Å²) in [6, 6.07) is 20.4. The number of carboxylic acids is 1. The van der Waals surface area contributed by atoms with Crippen LogP contribution in [0.25, 0.3) is 6.08 Å². The van der Waals surface area contributed by atoms with Crippen molar-refractivity contribution in [3.8, 4) is 17.6 Å². The second-order valence-electron chi connectivity index (χ2n) is 7.71. The van der Waals surface area contributed by atoms with Crippen LogP contribution in [0.4, 0.5) is 4.79 Å². The minimum atomic E-state index is -1.04. The van der Waals surface area contributed by atoms with Gasteiger partial charge in [-0.3, -0.25) is 14.5 Å². The number of amides is 2. The van der Waals surface area contributed by atoms with Crippen LogP contribution in [0.5, 0.6) is 11.5 Å². The van der Waals surface area contributed by atoms with Gasteiger partial charge in [-0.25, -0.2) is 4.79 Å². The van der Waals surface area contributed by atoms with Crippen molar-refractivity contribution in [1.29, 1.82) is 5.26 Å².